The molecule has 1 heterocycles. The van der Waals surface area contributed by atoms with E-state index in [9.17, 15) is 4.79 Å². The zero-order valence-electron chi connectivity index (χ0n) is 12.7. The topological polar surface area (TPSA) is 89.7 Å². The third kappa shape index (κ3) is 6.52. The van der Waals surface area contributed by atoms with Crippen molar-refractivity contribution >= 4 is 17.4 Å². The highest BCUT2D eigenvalue weighted by Gasteiger charge is 2.08. The zero-order valence-corrected chi connectivity index (χ0v) is 12.7. The van der Waals surface area contributed by atoms with Crippen LogP contribution in [-0.2, 0) is 14.3 Å². The van der Waals surface area contributed by atoms with Gasteiger partial charge in [-0.15, -0.1) is 0 Å². The van der Waals surface area contributed by atoms with Crippen LogP contribution in [0, 0.1) is 0 Å². The van der Waals surface area contributed by atoms with E-state index in [1.807, 2.05) is 12.1 Å². The predicted molar refractivity (Wildman–Crippen MR) is 82.5 cm³/mol. The van der Waals surface area contributed by atoms with E-state index in [1.54, 1.807) is 20.4 Å². The summed E-state index contributed by atoms with van der Waals surface area (Å²) in [5, 5.41) is 2.75. The molecule has 21 heavy (non-hydrogen) atoms. The molecule has 0 aliphatic heterocycles. The molecule has 118 valence electrons. The van der Waals surface area contributed by atoms with Crippen molar-refractivity contribution in [3.63, 3.8) is 0 Å². The molecular formula is C14H24N4O3. The van der Waals surface area contributed by atoms with Crippen LogP contribution in [0.4, 0.5) is 11.5 Å². The molecule has 0 aromatic carbocycles. The van der Waals surface area contributed by atoms with Gasteiger partial charge in [-0.05, 0) is 12.1 Å². The number of carbonyl (C=O) groups is 1. The van der Waals surface area contributed by atoms with Gasteiger partial charge in [-0.1, -0.05) is 0 Å². The molecule has 0 radical (unpaired) electrons. The molecule has 0 fully saturated rings. The van der Waals surface area contributed by atoms with Gasteiger partial charge in [0.05, 0.1) is 25.1 Å². The van der Waals surface area contributed by atoms with Gasteiger partial charge in [-0.2, -0.15) is 0 Å². The average Bonchev–Trinajstić information content (AvgIpc) is 2.49. The molecule has 1 aromatic rings. The van der Waals surface area contributed by atoms with E-state index in [0.717, 1.165) is 18.9 Å². The fourth-order valence-corrected chi connectivity index (χ4v) is 1.75. The van der Waals surface area contributed by atoms with E-state index in [0.29, 0.717) is 31.9 Å². The van der Waals surface area contributed by atoms with Crippen LogP contribution in [-0.4, -0.2) is 58.0 Å². The number of nitrogens with one attached hydrogen (secondary N) is 1. The molecule has 7 nitrogen and oxygen atoms in total. The minimum absolute atomic E-state index is 0.109. The number of amides is 1. The number of hydrogen-bond acceptors (Lipinski definition) is 6. The molecule has 0 aliphatic carbocycles. The third-order valence-corrected chi connectivity index (χ3v) is 2.86. The molecule has 0 bridgehead atoms. The first-order chi connectivity index (χ1) is 10.2. The molecular weight excluding hydrogens is 272 g/mol. The lowest BCUT2D eigenvalue weighted by atomic mass is 10.3. The fourth-order valence-electron chi connectivity index (χ4n) is 1.75. The molecule has 0 unspecified atom stereocenters. The Hall–Kier alpha value is -1.70. The first-order valence-electron chi connectivity index (χ1n) is 6.90. The standard InChI is InChI=1S/C14H24N4O3/c1-20-9-7-18(8-10-21-2)13-4-3-12(11-16-13)17-14(19)5-6-15/h3-4,11H,5-10,15H2,1-2H3,(H,17,19). The SMILES string of the molecule is COCCN(CCOC)c1ccc(NC(=O)CCN)cn1. The lowest BCUT2D eigenvalue weighted by Crippen LogP contribution is -2.31. The summed E-state index contributed by atoms with van der Waals surface area (Å²) in [4.78, 5) is 17.9. The maximum absolute atomic E-state index is 11.5. The first kappa shape index (κ1) is 17.4. The second-order valence-electron chi connectivity index (χ2n) is 4.46. The van der Waals surface area contributed by atoms with Gasteiger partial charge in [0.15, 0.2) is 0 Å². The van der Waals surface area contributed by atoms with E-state index in [-0.39, 0.29) is 5.91 Å². The average molecular weight is 296 g/mol. The van der Waals surface area contributed by atoms with Gasteiger partial charge in [0.1, 0.15) is 5.82 Å². The zero-order chi connectivity index (χ0) is 15.5. The minimum atomic E-state index is -0.109. The first-order valence-corrected chi connectivity index (χ1v) is 6.90. The van der Waals surface area contributed by atoms with Crippen molar-refractivity contribution in [3.8, 4) is 0 Å². The Bertz CT molecular complexity index is 403. The summed E-state index contributed by atoms with van der Waals surface area (Å²) in [7, 11) is 3.33. The summed E-state index contributed by atoms with van der Waals surface area (Å²) in [5.74, 6) is 0.712. The van der Waals surface area contributed by atoms with Gasteiger partial charge >= 0.3 is 0 Å². The number of anilines is 2. The molecule has 0 saturated heterocycles. The minimum Gasteiger partial charge on any atom is -0.383 e. The molecule has 3 N–H and O–H groups in total. The molecule has 1 amide bonds. The number of pyridine rings is 1. The predicted octanol–water partition coefficient (Wildman–Crippen LogP) is 0.468. The number of carbonyl (C=O) groups excluding carboxylic acids is 1. The number of aromatic nitrogens is 1. The van der Waals surface area contributed by atoms with Crippen LogP contribution >= 0.6 is 0 Å². The fraction of sp³-hybridized carbons (Fsp3) is 0.571. The van der Waals surface area contributed by atoms with Crippen LogP contribution in [0.5, 0.6) is 0 Å². The van der Waals surface area contributed by atoms with Crippen molar-refractivity contribution in [2.75, 3.05) is 57.3 Å². The molecule has 0 spiro atoms. The summed E-state index contributed by atoms with van der Waals surface area (Å²) >= 11 is 0. The van der Waals surface area contributed by atoms with Gasteiger partial charge in [0, 0.05) is 40.3 Å². The lowest BCUT2D eigenvalue weighted by Gasteiger charge is -2.23. The van der Waals surface area contributed by atoms with Crippen LogP contribution in [0.15, 0.2) is 18.3 Å². The number of hydrogen-bond donors (Lipinski definition) is 2. The Morgan fingerprint density at radius 3 is 2.43 bits per heavy atom. The summed E-state index contributed by atoms with van der Waals surface area (Å²) in [5.41, 5.74) is 6.00. The molecule has 0 atom stereocenters. The maximum atomic E-state index is 11.5. The van der Waals surface area contributed by atoms with E-state index in [4.69, 9.17) is 15.2 Å². The summed E-state index contributed by atoms with van der Waals surface area (Å²) in [6, 6.07) is 3.69. The van der Waals surface area contributed by atoms with Crippen molar-refractivity contribution in [1.29, 1.82) is 0 Å². The van der Waals surface area contributed by atoms with Crippen molar-refractivity contribution < 1.29 is 14.3 Å². The Balaban J connectivity index is 2.65. The highest BCUT2D eigenvalue weighted by molar-refractivity contribution is 5.90. The van der Waals surface area contributed by atoms with Crippen LogP contribution in [0.1, 0.15) is 6.42 Å². The lowest BCUT2D eigenvalue weighted by molar-refractivity contribution is -0.116. The quantitative estimate of drug-likeness (QED) is 0.652. The van der Waals surface area contributed by atoms with E-state index < -0.39 is 0 Å². The Kier molecular flexibility index (Phi) is 8.34. The van der Waals surface area contributed by atoms with Crippen LogP contribution < -0.4 is 16.0 Å². The van der Waals surface area contributed by atoms with Crippen molar-refractivity contribution in [2.24, 2.45) is 5.73 Å². The normalized spacial score (nSPS) is 10.4. The number of ether oxygens (including phenoxy) is 2. The third-order valence-electron chi connectivity index (χ3n) is 2.86. The second kappa shape index (κ2) is 10.1. The molecule has 0 saturated carbocycles. The van der Waals surface area contributed by atoms with Crippen LogP contribution in [0.25, 0.3) is 0 Å². The molecule has 0 aliphatic rings. The van der Waals surface area contributed by atoms with Crippen molar-refractivity contribution in [3.05, 3.63) is 18.3 Å². The van der Waals surface area contributed by atoms with Crippen LogP contribution in [0.3, 0.4) is 0 Å². The Labute approximate surface area is 125 Å². The van der Waals surface area contributed by atoms with E-state index in [1.165, 1.54) is 0 Å². The molecule has 1 rings (SSSR count). The number of rotatable bonds is 10. The van der Waals surface area contributed by atoms with Crippen molar-refractivity contribution in [2.45, 2.75) is 6.42 Å². The number of methoxy groups -OCH3 is 2. The largest absolute Gasteiger partial charge is 0.383 e. The van der Waals surface area contributed by atoms with Crippen LogP contribution in [0.2, 0.25) is 0 Å². The smallest absolute Gasteiger partial charge is 0.225 e. The van der Waals surface area contributed by atoms with Gasteiger partial charge in [-0.3, -0.25) is 4.79 Å². The van der Waals surface area contributed by atoms with Gasteiger partial charge in [0.25, 0.3) is 0 Å². The van der Waals surface area contributed by atoms with Gasteiger partial charge in [0.2, 0.25) is 5.91 Å². The molecule has 7 heteroatoms. The highest BCUT2D eigenvalue weighted by atomic mass is 16.5. The second-order valence-corrected chi connectivity index (χ2v) is 4.46. The van der Waals surface area contributed by atoms with E-state index >= 15 is 0 Å². The highest BCUT2D eigenvalue weighted by Crippen LogP contribution is 2.14. The maximum Gasteiger partial charge on any atom is 0.225 e. The van der Waals surface area contributed by atoms with Crippen molar-refractivity contribution in [1.82, 2.24) is 4.98 Å². The molecule has 1 aromatic heterocycles. The van der Waals surface area contributed by atoms with Gasteiger partial charge < -0.3 is 25.4 Å². The number of nitrogens with two attached hydrogens (primary N) is 1. The van der Waals surface area contributed by atoms with E-state index in [2.05, 4.69) is 15.2 Å². The summed E-state index contributed by atoms with van der Waals surface area (Å²) in [6.07, 6.45) is 1.94. The van der Waals surface area contributed by atoms with Gasteiger partial charge in [-0.25, -0.2) is 4.98 Å². The Morgan fingerprint density at radius 1 is 1.29 bits per heavy atom. The summed E-state index contributed by atoms with van der Waals surface area (Å²) < 4.78 is 10.2. The Morgan fingerprint density at radius 2 is 1.95 bits per heavy atom. The summed E-state index contributed by atoms with van der Waals surface area (Å²) in [6.45, 7) is 3.01. The monoisotopic (exact) mass is 296 g/mol. The number of nitrogens with zero attached hydrogens (tertiary/aromatic N) is 2.